The summed E-state index contributed by atoms with van der Waals surface area (Å²) in [5, 5.41) is 10.7. The van der Waals surface area contributed by atoms with Gasteiger partial charge in [-0.2, -0.15) is 0 Å². The number of carbonyl (C=O) groups excluding carboxylic acids is 1. The molecule has 4 aliphatic carbocycles. The van der Waals surface area contributed by atoms with E-state index in [4.69, 9.17) is 17.0 Å². The van der Waals surface area contributed by atoms with Crippen molar-refractivity contribution < 1.29 is 14.6 Å². The first kappa shape index (κ1) is 22.2. The Hall–Kier alpha value is -2.31. The van der Waals surface area contributed by atoms with Crippen LogP contribution in [-0.2, 0) is 16.8 Å². The van der Waals surface area contributed by atoms with Crippen molar-refractivity contribution in [2.45, 2.75) is 50.5 Å². The first-order chi connectivity index (χ1) is 16.4. The number of rotatable bonds is 5. The lowest BCUT2D eigenvalue weighted by Crippen LogP contribution is -2.48. The molecule has 5 fully saturated rings. The number of ether oxygens (including phenoxy) is 1. The third-order valence-electron chi connectivity index (χ3n) is 8.34. The Labute approximate surface area is 210 Å². The monoisotopic (exact) mass is 491 g/mol. The van der Waals surface area contributed by atoms with Gasteiger partial charge >= 0.3 is 0 Å². The molecule has 1 aliphatic heterocycles. The Balaban J connectivity index is 1.26. The van der Waals surface area contributed by atoms with E-state index in [1.54, 1.807) is 12.0 Å². The van der Waals surface area contributed by atoms with Crippen LogP contribution >= 0.6 is 24.0 Å². The molecule has 0 spiro atoms. The molecule has 5 aliphatic rings. The minimum atomic E-state index is -0.106. The Morgan fingerprint density at radius 3 is 2.35 bits per heavy atom. The van der Waals surface area contributed by atoms with E-state index in [0.717, 1.165) is 34.6 Å². The summed E-state index contributed by atoms with van der Waals surface area (Å²) in [6.45, 7) is 0.422. The highest BCUT2D eigenvalue weighted by Crippen LogP contribution is 2.61. The van der Waals surface area contributed by atoms with E-state index in [1.165, 1.54) is 55.9 Å². The number of phenolic OH excluding ortho intramolecular Hbond substituents is 1. The number of amides is 1. The zero-order chi connectivity index (χ0) is 23.4. The van der Waals surface area contributed by atoms with Crippen LogP contribution in [0.3, 0.4) is 0 Å². The molecule has 176 valence electrons. The van der Waals surface area contributed by atoms with Crippen molar-refractivity contribution in [2.24, 2.45) is 17.8 Å². The molecule has 1 N–H and O–H groups in total. The summed E-state index contributed by atoms with van der Waals surface area (Å²) in [6.07, 6.45) is 9.85. The summed E-state index contributed by atoms with van der Waals surface area (Å²) in [7, 11) is 1.63. The van der Waals surface area contributed by atoms with E-state index in [-0.39, 0.29) is 17.1 Å². The number of methoxy groups -OCH3 is 1. The highest BCUT2D eigenvalue weighted by Gasteiger charge is 2.51. The van der Waals surface area contributed by atoms with Crippen LogP contribution in [0, 0.1) is 17.8 Å². The molecule has 1 heterocycles. The zero-order valence-corrected chi connectivity index (χ0v) is 21.0. The van der Waals surface area contributed by atoms with Crippen molar-refractivity contribution >= 4 is 40.3 Å². The summed E-state index contributed by atoms with van der Waals surface area (Å²) >= 11 is 6.85. The fourth-order valence-corrected chi connectivity index (χ4v) is 8.40. The van der Waals surface area contributed by atoms with Crippen LogP contribution in [0.5, 0.6) is 11.5 Å². The van der Waals surface area contributed by atoms with Crippen molar-refractivity contribution in [2.75, 3.05) is 7.11 Å². The molecule has 0 unspecified atom stereocenters. The standard InChI is InChI=1S/C28H29NO3S2/c1-32-23-5-2-17(3-6-23)16-29-26(31)25(34-27(29)33)12-21-11-22(4-7-24(21)30)28-13-18-8-19(14-28)10-20(9-18)15-28/h2-7,11-12,18-20,30H,8-10,13-16H2,1H3/b25-12+. The van der Waals surface area contributed by atoms with Crippen LogP contribution in [0.2, 0.25) is 0 Å². The van der Waals surface area contributed by atoms with Gasteiger partial charge < -0.3 is 9.84 Å². The molecule has 34 heavy (non-hydrogen) atoms. The first-order valence-electron chi connectivity index (χ1n) is 12.1. The number of aromatic hydroxyl groups is 1. The van der Waals surface area contributed by atoms with Crippen LogP contribution < -0.4 is 4.74 Å². The summed E-state index contributed by atoms with van der Waals surface area (Å²) in [4.78, 5) is 15.4. The summed E-state index contributed by atoms with van der Waals surface area (Å²) in [6, 6.07) is 13.7. The number of benzene rings is 2. The Morgan fingerprint density at radius 2 is 1.74 bits per heavy atom. The third-order valence-corrected chi connectivity index (χ3v) is 9.72. The van der Waals surface area contributed by atoms with Gasteiger partial charge in [-0.25, -0.2) is 0 Å². The minimum absolute atomic E-state index is 0.106. The van der Waals surface area contributed by atoms with E-state index in [0.29, 0.717) is 15.8 Å². The third kappa shape index (κ3) is 3.85. The van der Waals surface area contributed by atoms with Gasteiger partial charge in [0.2, 0.25) is 0 Å². The number of hydrogen-bond donors (Lipinski definition) is 1. The SMILES string of the molecule is COc1ccc(CN2C(=O)/C(=C\c3cc(C45CC6CC(CC(C6)C4)C5)ccc3O)SC2=S)cc1. The number of hydrogen-bond acceptors (Lipinski definition) is 5. The van der Waals surface area contributed by atoms with E-state index >= 15 is 0 Å². The molecule has 4 bridgehead atoms. The molecule has 0 radical (unpaired) electrons. The fraction of sp³-hybridized carbons (Fsp3) is 0.429. The largest absolute Gasteiger partial charge is 0.507 e. The maximum atomic E-state index is 13.2. The average Bonchev–Trinajstić information content (AvgIpc) is 3.07. The van der Waals surface area contributed by atoms with Crippen molar-refractivity contribution in [3.05, 3.63) is 64.1 Å². The van der Waals surface area contributed by atoms with Crippen LogP contribution in [0.15, 0.2) is 47.4 Å². The Morgan fingerprint density at radius 1 is 1.09 bits per heavy atom. The second-order valence-corrected chi connectivity index (χ2v) is 12.3. The highest BCUT2D eigenvalue weighted by atomic mass is 32.2. The highest BCUT2D eigenvalue weighted by molar-refractivity contribution is 8.26. The van der Waals surface area contributed by atoms with Crippen molar-refractivity contribution in [1.82, 2.24) is 4.90 Å². The molecule has 2 aromatic rings. The molecule has 0 aromatic heterocycles. The predicted molar refractivity (Wildman–Crippen MR) is 140 cm³/mol. The molecular weight excluding hydrogens is 462 g/mol. The molecule has 1 saturated heterocycles. The van der Waals surface area contributed by atoms with Gasteiger partial charge in [-0.05, 0) is 103 Å². The minimum Gasteiger partial charge on any atom is -0.507 e. The first-order valence-corrected chi connectivity index (χ1v) is 13.4. The van der Waals surface area contributed by atoms with Crippen LogP contribution in [0.4, 0.5) is 0 Å². The van der Waals surface area contributed by atoms with Gasteiger partial charge in [0, 0.05) is 5.56 Å². The number of thiocarbonyl (C=S) groups is 1. The van der Waals surface area contributed by atoms with Crippen molar-refractivity contribution in [3.63, 3.8) is 0 Å². The van der Waals surface area contributed by atoms with Crippen LogP contribution in [-0.4, -0.2) is 27.3 Å². The lowest BCUT2D eigenvalue weighted by Gasteiger charge is -2.57. The molecule has 4 saturated carbocycles. The lowest BCUT2D eigenvalue weighted by atomic mass is 9.48. The number of nitrogens with zero attached hydrogens (tertiary/aromatic N) is 1. The molecular formula is C28H29NO3S2. The smallest absolute Gasteiger partial charge is 0.266 e. The van der Waals surface area contributed by atoms with E-state index in [1.807, 2.05) is 36.4 Å². The molecule has 0 atom stereocenters. The predicted octanol–water partition coefficient (Wildman–Crippen LogP) is 6.27. The van der Waals surface area contributed by atoms with E-state index in [9.17, 15) is 9.90 Å². The Bertz CT molecular complexity index is 1150. The fourth-order valence-electron chi connectivity index (χ4n) is 7.16. The van der Waals surface area contributed by atoms with E-state index in [2.05, 4.69) is 12.1 Å². The molecule has 1 amide bonds. The van der Waals surface area contributed by atoms with Gasteiger partial charge in [0.05, 0.1) is 18.6 Å². The molecule has 2 aromatic carbocycles. The topological polar surface area (TPSA) is 49.8 Å². The lowest BCUT2D eigenvalue weighted by molar-refractivity contribution is -0.122. The molecule has 4 nitrogen and oxygen atoms in total. The van der Waals surface area contributed by atoms with Gasteiger partial charge in [-0.3, -0.25) is 9.69 Å². The zero-order valence-electron chi connectivity index (χ0n) is 19.3. The van der Waals surface area contributed by atoms with Gasteiger partial charge in [0.25, 0.3) is 5.91 Å². The average molecular weight is 492 g/mol. The van der Waals surface area contributed by atoms with Gasteiger partial charge in [-0.15, -0.1) is 0 Å². The maximum Gasteiger partial charge on any atom is 0.266 e. The van der Waals surface area contributed by atoms with Crippen LogP contribution in [0.25, 0.3) is 6.08 Å². The van der Waals surface area contributed by atoms with Crippen molar-refractivity contribution in [3.8, 4) is 11.5 Å². The van der Waals surface area contributed by atoms with E-state index < -0.39 is 0 Å². The van der Waals surface area contributed by atoms with Gasteiger partial charge in [0.1, 0.15) is 15.8 Å². The summed E-state index contributed by atoms with van der Waals surface area (Å²) in [5.41, 5.74) is 3.30. The molecule has 6 heteroatoms. The number of phenols is 1. The quantitative estimate of drug-likeness (QED) is 0.395. The summed E-state index contributed by atoms with van der Waals surface area (Å²) in [5.74, 6) is 3.47. The molecule has 7 rings (SSSR count). The Kier molecular flexibility index (Phi) is 5.49. The summed E-state index contributed by atoms with van der Waals surface area (Å²) < 4.78 is 5.76. The van der Waals surface area contributed by atoms with Gasteiger partial charge in [-0.1, -0.05) is 42.2 Å². The second-order valence-electron chi connectivity index (χ2n) is 10.6. The van der Waals surface area contributed by atoms with Crippen LogP contribution in [0.1, 0.15) is 55.2 Å². The van der Waals surface area contributed by atoms with Gasteiger partial charge in [0.15, 0.2) is 0 Å². The van der Waals surface area contributed by atoms with Crippen molar-refractivity contribution in [1.29, 1.82) is 0 Å². The number of carbonyl (C=O) groups is 1. The number of thioether (sulfide) groups is 1. The maximum absolute atomic E-state index is 13.2. The normalized spacial score (nSPS) is 31.0. The second kappa shape index (κ2) is 8.42.